The SMILES string of the molecule is CCCCCCCCCCCCCCCCNC(=O)CCCc1ccccc1. The smallest absolute Gasteiger partial charge is 0.220 e. The van der Waals surface area contributed by atoms with E-state index in [2.05, 4.69) is 36.5 Å². The fraction of sp³-hybridized carbons (Fsp3) is 0.731. The summed E-state index contributed by atoms with van der Waals surface area (Å²) in [6, 6.07) is 10.4. The zero-order valence-corrected chi connectivity index (χ0v) is 18.5. The van der Waals surface area contributed by atoms with Crippen molar-refractivity contribution in [3.63, 3.8) is 0 Å². The first-order valence-corrected chi connectivity index (χ1v) is 12.1. The van der Waals surface area contributed by atoms with Crippen LogP contribution in [0.4, 0.5) is 0 Å². The molecule has 0 radical (unpaired) electrons. The molecule has 2 nitrogen and oxygen atoms in total. The van der Waals surface area contributed by atoms with Crippen LogP contribution in [-0.4, -0.2) is 12.5 Å². The van der Waals surface area contributed by atoms with Crippen LogP contribution in [0.2, 0.25) is 0 Å². The van der Waals surface area contributed by atoms with E-state index >= 15 is 0 Å². The first-order chi connectivity index (χ1) is 13.8. The van der Waals surface area contributed by atoms with E-state index in [1.807, 2.05) is 6.07 Å². The Morgan fingerprint density at radius 1 is 0.679 bits per heavy atom. The van der Waals surface area contributed by atoms with Crippen molar-refractivity contribution in [2.75, 3.05) is 6.54 Å². The Bertz CT molecular complexity index is 457. The van der Waals surface area contributed by atoms with Gasteiger partial charge in [0.2, 0.25) is 5.91 Å². The van der Waals surface area contributed by atoms with Gasteiger partial charge in [-0.05, 0) is 24.8 Å². The Kier molecular flexibility index (Phi) is 16.8. The van der Waals surface area contributed by atoms with Crippen molar-refractivity contribution in [1.82, 2.24) is 5.32 Å². The van der Waals surface area contributed by atoms with Crippen LogP contribution in [0.25, 0.3) is 0 Å². The van der Waals surface area contributed by atoms with Crippen LogP contribution >= 0.6 is 0 Å². The van der Waals surface area contributed by atoms with E-state index in [9.17, 15) is 4.79 Å². The molecule has 0 aliphatic heterocycles. The Morgan fingerprint density at radius 3 is 1.71 bits per heavy atom. The summed E-state index contributed by atoms with van der Waals surface area (Å²) in [4.78, 5) is 11.9. The van der Waals surface area contributed by atoms with Gasteiger partial charge in [-0.2, -0.15) is 0 Å². The van der Waals surface area contributed by atoms with Gasteiger partial charge < -0.3 is 5.32 Å². The molecule has 1 amide bonds. The van der Waals surface area contributed by atoms with Gasteiger partial charge in [-0.3, -0.25) is 4.79 Å². The summed E-state index contributed by atoms with van der Waals surface area (Å²) in [7, 11) is 0. The van der Waals surface area contributed by atoms with Gasteiger partial charge in [0, 0.05) is 13.0 Å². The maximum atomic E-state index is 11.9. The highest BCUT2D eigenvalue weighted by atomic mass is 16.1. The van der Waals surface area contributed by atoms with Gasteiger partial charge in [0.15, 0.2) is 0 Å². The lowest BCUT2D eigenvalue weighted by molar-refractivity contribution is -0.121. The number of nitrogens with one attached hydrogen (secondary N) is 1. The maximum Gasteiger partial charge on any atom is 0.220 e. The zero-order valence-electron chi connectivity index (χ0n) is 18.5. The van der Waals surface area contributed by atoms with Crippen LogP contribution in [0.3, 0.4) is 0 Å². The quantitative estimate of drug-likeness (QED) is 0.243. The molecule has 0 fully saturated rings. The number of carbonyl (C=O) groups excluding carboxylic acids is 1. The van der Waals surface area contributed by atoms with Crippen molar-refractivity contribution in [3.05, 3.63) is 35.9 Å². The van der Waals surface area contributed by atoms with Crippen LogP contribution in [0, 0.1) is 0 Å². The van der Waals surface area contributed by atoms with Crippen LogP contribution in [-0.2, 0) is 11.2 Å². The second-order valence-electron chi connectivity index (χ2n) is 8.29. The summed E-state index contributed by atoms with van der Waals surface area (Å²) in [5.41, 5.74) is 1.32. The summed E-state index contributed by atoms with van der Waals surface area (Å²) in [5.74, 6) is 0.214. The van der Waals surface area contributed by atoms with Crippen molar-refractivity contribution in [2.24, 2.45) is 0 Å². The molecule has 0 aliphatic carbocycles. The van der Waals surface area contributed by atoms with Gasteiger partial charge in [-0.1, -0.05) is 121 Å². The molecule has 0 aliphatic rings. The van der Waals surface area contributed by atoms with Gasteiger partial charge in [0.1, 0.15) is 0 Å². The van der Waals surface area contributed by atoms with Gasteiger partial charge in [-0.15, -0.1) is 0 Å². The zero-order chi connectivity index (χ0) is 20.1. The van der Waals surface area contributed by atoms with Gasteiger partial charge in [0.05, 0.1) is 0 Å². The molecule has 2 heteroatoms. The molecule has 1 rings (SSSR count). The fourth-order valence-corrected chi connectivity index (χ4v) is 3.73. The Morgan fingerprint density at radius 2 is 1.18 bits per heavy atom. The van der Waals surface area contributed by atoms with E-state index in [0.29, 0.717) is 6.42 Å². The second-order valence-corrected chi connectivity index (χ2v) is 8.29. The molecule has 0 aromatic heterocycles. The predicted molar refractivity (Wildman–Crippen MR) is 123 cm³/mol. The minimum atomic E-state index is 0.214. The molecule has 0 bridgehead atoms. The molecule has 0 saturated carbocycles. The minimum Gasteiger partial charge on any atom is -0.356 e. The van der Waals surface area contributed by atoms with Crippen molar-refractivity contribution in [1.29, 1.82) is 0 Å². The van der Waals surface area contributed by atoms with Gasteiger partial charge >= 0.3 is 0 Å². The summed E-state index contributed by atoms with van der Waals surface area (Å²) >= 11 is 0. The van der Waals surface area contributed by atoms with Gasteiger partial charge in [0.25, 0.3) is 0 Å². The number of hydrogen-bond donors (Lipinski definition) is 1. The number of unbranched alkanes of at least 4 members (excludes halogenated alkanes) is 13. The number of benzene rings is 1. The first-order valence-electron chi connectivity index (χ1n) is 12.1. The lowest BCUT2D eigenvalue weighted by atomic mass is 10.0. The van der Waals surface area contributed by atoms with E-state index in [1.165, 1.54) is 89.0 Å². The molecular formula is C26H45NO. The van der Waals surface area contributed by atoms with Crippen molar-refractivity contribution in [2.45, 2.75) is 116 Å². The van der Waals surface area contributed by atoms with E-state index < -0.39 is 0 Å². The van der Waals surface area contributed by atoms with E-state index in [-0.39, 0.29) is 5.91 Å². The minimum absolute atomic E-state index is 0.214. The summed E-state index contributed by atoms with van der Waals surface area (Å²) in [6.07, 6.45) is 21.8. The van der Waals surface area contributed by atoms with Crippen LogP contribution in [0.5, 0.6) is 0 Å². The largest absolute Gasteiger partial charge is 0.356 e. The molecule has 1 N–H and O–H groups in total. The summed E-state index contributed by atoms with van der Waals surface area (Å²) in [6.45, 7) is 3.13. The number of rotatable bonds is 19. The van der Waals surface area contributed by atoms with E-state index in [0.717, 1.165) is 25.8 Å². The highest BCUT2D eigenvalue weighted by molar-refractivity contribution is 5.75. The third kappa shape index (κ3) is 15.7. The molecule has 1 aromatic carbocycles. The molecule has 160 valence electrons. The predicted octanol–water partition coefficient (Wildman–Crippen LogP) is 7.61. The van der Waals surface area contributed by atoms with E-state index in [4.69, 9.17) is 0 Å². The number of hydrogen-bond acceptors (Lipinski definition) is 1. The fourth-order valence-electron chi connectivity index (χ4n) is 3.73. The highest BCUT2D eigenvalue weighted by Crippen LogP contribution is 2.12. The molecule has 0 atom stereocenters. The Hall–Kier alpha value is -1.31. The third-order valence-corrected chi connectivity index (χ3v) is 5.56. The van der Waals surface area contributed by atoms with Crippen LogP contribution in [0.1, 0.15) is 115 Å². The first kappa shape index (κ1) is 24.7. The standard InChI is InChI=1S/C26H45NO/c1-2-3-4-5-6-7-8-9-10-11-12-13-14-18-24-27-26(28)23-19-22-25-20-16-15-17-21-25/h15-17,20-21H,2-14,18-19,22-24H2,1H3,(H,27,28). The summed E-state index contributed by atoms with van der Waals surface area (Å²) in [5, 5.41) is 3.07. The number of aryl methyl sites for hydroxylation is 1. The molecule has 1 aromatic rings. The van der Waals surface area contributed by atoms with Crippen molar-refractivity contribution >= 4 is 5.91 Å². The molecular weight excluding hydrogens is 342 g/mol. The van der Waals surface area contributed by atoms with Gasteiger partial charge in [-0.25, -0.2) is 0 Å². The highest BCUT2D eigenvalue weighted by Gasteiger charge is 2.01. The molecule has 0 unspecified atom stereocenters. The van der Waals surface area contributed by atoms with Crippen molar-refractivity contribution in [3.8, 4) is 0 Å². The van der Waals surface area contributed by atoms with Crippen molar-refractivity contribution < 1.29 is 4.79 Å². The lowest BCUT2D eigenvalue weighted by Crippen LogP contribution is -2.24. The third-order valence-electron chi connectivity index (χ3n) is 5.56. The monoisotopic (exact) mass is 387 g/mol. The maximum absolute atomic E-state index is 11.9. The Balaban J connectivity index is 1.76. The van der Waals surface area contributed by atoms with Crippen LogP contribution in [0.15, 0.2) is 30.3 Å². The average Bonchev–Trinajstić information content (AvgIpc) is 2.71. The molecule has 0 saturated heterocycles. The van der Waals surface area contributed by atoms with Crippen LogP contribution < -0.4 is 5.32 Å². The average molecular weight is 388 g/mol. The molecule has 0 heterocycles. The normalized spacial score (nSPS) is 10.9. The number of carbonyl (C=O) groups is 1. The summed E-state index contributed by atoms with van der Waals surface area (Å²) < 4.78 is 0. The second kappa shape index (κ2) is 19.0. The van der Waals surface area contributed by atoms with E-state index in [1.54, 1.807) is 0 Å². The number of amides is 1. The molecule has 0 spiro atoms. The Labute approximate surface area is 174 Å². The topological polar surface area (TPSA) is 29.1 Å². The molecule has 28 heavy (non-hydrogen) atoms. The lowest BCUT2D eigenvalue weighted by Gasteiger charge is -2.06.